The molecule has 0 atom stereocenters. The van der Waals surface area contributed by atoms with E-state index in [0.717, 1.165) is 22.6 Å². The molecule has 0 bridgehead atoms. The highest BCUT2D eigenvalue weighted by Crippen LogP contribution is 2.17. The molecule has 2 rings (SSSR count). The summed E-state index contributed by atoms with van der Waals surface area (Å²) in [5, 5.41) is 1.97. The summed E-state index contributed by atoms with van der Waals surface area (Å²) in [4.78, 5) is 14.7. The average molecular weight is 370 g/mol. The highest BCUT2D eigenvalue weighted by Gasteiger charge is 2.16. The molecule has 130 valence electrons. The van der Waals surface area contributed by atoms with Gasteiger partial charge in [0.1, 0.15) is 5.82 Å². The Hall–Kier alpha value is -1.77. The molecule has 2 aromatic rings. The van der Waals surface area contributed by atoms with E-state index in [9.17, 15) is 17.6 Å². The molecule has 0 saturated carbocycles. The van der Waals surface area contributed by atoms with Gasteiger partial charge in [-0.15, -0.1) is 11.3 Å². The van der Waals surface area contributed by atoms with Gasteiger partial charge in [-0.05, 0) is 48.2 Å². The third-order valence-electron chi connectivity index (χ3n) is 3.53. The number of nitrogens with one attached hydrogen (secondary N) is 1. The summed E-state index contributed by atoms with van der Waals surface area (Å²) in [6, 6.07) is 6.53. The van der Waals surface area contributed by atoms with E-state index in [1.54, 1.807) is 23.3 Å². The van der Waals surface area contributed by atoms with Gasteiger partial charge in [0.25, 0.3) is 0 Å². The standard InChI is InChI=1S/C16H19FN2O3S2/c1-12-8-10-23-15(12)11-19(2)16(20)7-9-18-24(21,22)14-5-3-13(17)4-6-14/h3-6,8,10,18H,7,9,11H2,1-2H3. The fourth-order valence-electron chi connectivity index (χ4n) is 2.05. The number of hydrogen-bond acceptors (Lipinski definition) is 4. The van der Waals surface area contributed by atoms with Crippen LogP contribution >= 0.6 is 11.3 Å². The Bertz CT molecular complexity index is 801. The monoisotopic (exact) mass is 370 g/mol. The SMILES string of the molecule is Cc1ccsc1CN(C)C(=O)CCNS(=O)(=O)c1ccc(F)cc1. The topological polar surface area (TPSA) is 66.5 Å². The lowest BCUT2D eigenvalue weighted by molar-refractivity contribution is -0.130. The van der Waals surface area contributed by atoms with Crippen LogP contribution < -0.4 is 4.72 Å². The Labute approximate surface area is 145 Å². The first-order valence-corrected chi connectivity index (χ1v) is 9.68. The van der Waals surface area contributed by atoms with E-state index < -0.39 is 15.8 Å². The molecule has 1 amide bonds. The van der Waals surface area contributed by atoms with Gasteiger partial charge >= 0.3 is 0 Å². The molecule has 0 saturated heterocycles. The second kappa shape index (κ2) is 7.87. The van der Waals surface area contributed by atoms with Crippen molar-refractivity contribution in [1.82, 2.24) is 9.62 Å². The Balaban J connectivity index is 1.85. The van der Waals surface area contributed by atoms with E-state index in [4.69, 9.17) is 0 Å². The summed E-state index contributed by atoms with van der Waals surface area (Å²) in [6.07, 6.45) is 0.0569. The summed E-state index contributed by atoms with van der Waals surface area (Å²) in [5.41, 5.74) is 1.14. The highest BCUT2D eigenvalue weighted by molar-refractivity contribution is 7.89. The summed E-state index contributed by atoms with van der Waals surface area (Å²) >= 11 is 1.59. The van der Waals surface area contributed by atoms with E-state index >= 15 is 0 Å². The molecular weight excluding hydrogens is 351 g/mol. The minimum absolute atomic E-state index is 0.00763. The average Bonchev–Trinajstić information content (AvgIpc) is 2.92. The van der Waals surface area contributed by atoms with Crippen molar-refractivity contribution < 1.29 is 17.6 Å². The first kappa shape index (κ1) is 18.6. The summed E-state index contributed by atoms with van der Waals surface area (Å²) in [7, 11) is -2.05. The molecule has 1 aromatic carbocycles. The third-order valence-corrected chi connectivity index (χ3v) is 6.01. The van der Waals surface area contributed by atoms with Crippen LogP contribution in [0.2, 0.25) is 0 Å². The van der Waals surface area contributed by atoms with Gasteiger partial charge in [0.05, 0.1) is 11.4 Å². The molecule has 0 unspecified atom stereocenters. The minimum Gasteiger partial charge on any atom is -0.341 e. The maximum Gasteiger partial charge on any atom is 0.240 e. The fourth-order valence-corrected chi connectivity index (χ4v) is 4.04. The molecule has 1 heterocycles. The van der Waals surface area contributed by atoms with Crippen LogP contribution in [0, 0.1) is 12.7 Å². The number of thiophene rings is 1. The van der Waals surface area contributed by atoms with E-state index in [2.05, 4.69) is 4.72 Å². The highest BCUT2D eigenvalue weighted by atomic mass is 32.2. The second-order valence-electron chi connectivity index (χ2n) is 5.38. The maximum absolute atomic E-state index is 12.8. The number of carbonyl (C=O) groups excluding carboxylic acids is 1. The van der Waals surface area contributed by atoms with Crippen molar-refractivity contribution in [2.24, 2.45) is 0 Å². The number of sulfonamides is 1. The fraction of sp³-hybridized carbons (Fsp3) is 0.312. The predicted octanol–water partition coefficient (Wildman–Crippen LogP) is 2.52. The van der Waals surface area contributed by atoms with Crippen LogP contribution in [0.3, 0.4) is 0 Å². The van der Waals surface area contributed by atoms with E-state index in [0.29, 0.717) is 6.54 Å². The number of carbonyl (C=O) groups is 1. The number of halogens is 1. The van der Waals surface area contributed by atoms with E-state index in [1.807, 2.05) is 18.4 Å². The van der Waals surface area contributed by atoms with Gasteiger partial charge in [-0.3, -0.25) is 4.79 Å². The van der Waals surface area contributed by atoms with Gasteiger partial charge < -0.3 is 4.90 Å². The lowest BCUT2D eigenvalue weighted by atomic mass is 10.2. The van der Waals surface area contributed by atoms with Crippen LogP contribution in [0.25, 0.3) is 0 Å². The Morgan fingerprint density at radius 1 is 1.25 bits per heavy atom. The van der Waals surface area contributed by atoms with Crippen molar-refractivity contribution >= 4 is 27.3 Å². The molecule has 1 N–H and O–H groups in total. The lowest BCUT2D eigenvalue weighted by Gasteiger charge is -2.17. The molecule has 0 fully saturated rings. The number of amides is 1. The Kier molecular flexibility index (Phi) is 6.09. The number of hydrogen-bond donors (Lipinski definition) is 1. The largest absolute Gasteiger partial charge is 0.341 e. The van der Waals surface area contributed by atoms with Gasteiger partial charge in [-0.25, -0.2) is 17.5 Å². The molecule has 0 aliphatic rings. The van der Waals surface area contributed by atoms with Crippen molar-refractivity contribution in [1.29, 1.82) is 0 Å². The molecule has 5 nitrogen and oxygen atoms in total. The van der Waals surface area contributed by atoms with Crippen LogP contribution in [-0.4, -0.2) is 32.8 Å². The lowest BCUT2D eigenvalue weighted by Crippen LogP contribution is -2.31. The molecule has 24 heavy (non-hydrogen) atoms. The minimum atomic E-state index is -3.74. The van der Waals surface area contributed by atoms with Crippen molar-refractivity contribution in [2.75, 3.05) is 13.6 Å². The molecule has 0 aliphatic heterocycles. The van der Waals surface area contributed by atoms with Crippen LogP contribution in [0.4, 0.5) is 4.39 Å². The van der Waals surface area contributed by atoms with Crippen LogP contribution in [0.15, 0.2) is 40.6 Å². The van der Waals surface area contributed by atoms with Crippen LogP contribution in [0.5, 0.6) is 0 Å². The van der Waals surface area contributed by atoms with Crippen LogP contribution in [0.1, 0.15) is 16.9 Å². The van der Waals surface area contributed by atoms with Gasteiger partial charge in [0, 0.05) is 24.9 Å². The zero-order valence-electron chi connectivity index (χ0n) is 13.5. The number of rotatable bonds is 7. The molecule has 0 spiro atoms. The van der Waals surface area contributed by atoms with Gasteiger partial charge in [-0.1, -0.05) is 0 Å². The zero-order chi connectivity index (χ0) is 17.7. The first-order valence-electron chi connectivity index (χ1n) is 7.32. The van der Waals surface area contributed by atoms with Crippen molar-refractivity contribution in [3.8, 4) is 0 Å². The summed E-state index contributed by atoms with van der Waals surface area (Å²) in [6.45, 7) is 2.49. The number of nitrogens with zero attached hydrogens (tertiary/aromatic N) is 1. The molecule has 8 heteroatoms. The second-order valence-corrected chi connectivity index (χ2v) is 8.15. The third kappa shape index (κ3) is 4.86. The van der Waals surface area contributed by atoms with Gasteiger partial charge in [-0.2, -0.15) is 0 Å². The van der Waals surface area contributed by atoms with Crippen LogP contribution in [-0.2, 0) is 21.4 Å². The predicted molar refractivity (Wildman–Crippen MR) is 91.7 cm³/mol. The van der Waals surface area contributed by atoms with Crippen molar-refractivity contribution in [3.05, 3.63) is 52.0 Å². The van der Waals surface area contributed by atoms with Gasteiger partial charge in [0.15, 0.2) is 0 Å². The normalized spacial score (nSPS) is 11.5. The van der Waals surface area contributed by atoms with Crippen molar-refractivity contribution in [3.63, 3.8) is 0 Å². The van der Waals surface area contributed by atoms with Gasteiger partial charge in [0.2, 0.25) is 15.9 Å². The van der Waals surface area contributed by atoms with E-state index in [1.165, 1.54) is 12.1 Å². The molecule has 1 aromatic heterocycles. The van der Waals surface area contributed by atoms with E-state index in [-0.39, 0.29) is 23.8 Å². The number of benzene rings is 1. The van der Waals surface area contributed by atoms with Crippen molar-refractivity contribution in [2.45, 2.75) is 24.8 Å². The zero-order valence-corrected chi connectivity index (χ0v) is 15.1. The molecule has 0 aliphatic carbocycles. The molecular formula is C16H19FN2O3S2. The summed E-state index contributed by atoms with van der Waals surface area (Å²) in [5.74, 6) is -0.653. The Morgan fingerprint density at radius 2 is 1.92 bits per heavy atom. The molecule has 0 radical (unpaired) electrons. The Morgan fingerprint density at radius 3 is 2.50 bits per heavy atom. The maximum atomic E-state index is 12.8. The number of aryl methyl sites for hydroxylation is 1. The first-order chi connectivity index (χ1) is 11.3. The summed E-state index contributed by atoms with van der Waals surface area (Å²) < 4.78 is 39.3. The smallest absolute Gasteiger partial charge is 0.240 e. The quantitative estimate of drug-likeness (QED) is 0.814.